The monoisotopic (exact) mass is 447 g/mol. The number of hydrazone groups is 1. The summed E-state index contributed by atoms with van der Waals surface area (Å²) in [6.07, 6.45) is 4.64. The molecule has 1 aromatic carbocycles. The molecule has 8 heteroatoms. The van der Waals surface area contributed by atoms with Crippen LogP contribution in [0.2, 0.25) is 0 Å². The minimum atomic E-state index is 0.459. The molecule has 2 aromatic heterocycles. The molecule has 3 heterocycles. The topological polar surface area (TPSA) is 85.9 Å². The van der Waals surface area contributed by atoms with Gasteiger partial charge in [-0.25, -0.2) is 0 Å². The third-order valence-electron chi connectivity index (χ3n) is 5.33. The summed E-state index contributed by atoms with van der Waals surface area (Å²) in [7, 11) is 0. The van der Waals surface area contributed by atoms with Gasteiger partial charge in [0.2, 0.25) is 5.88 Å². The average molecular weight is 448 g/mol. The Balaban J connectivity index is 1.42. The highest BCUT2D eigenvalue weighted by Crippen LogP contribution is 2.25. The number of pyridine rings is 2. The maximum atomic E-state index is 11.8. The van der Waals surface area contributed by atoms with Crippen molar-refractivity contribution in [1.29, 1.82) is 0 Å². The van der Waals surface area contributed by atoms with Crippen LogP contribution in [-0.2, 0) is 11.2 Å². The van der Waals surface area contributed by atoms with E-state index in [4.69, 9.17) is 9.47 Å². The second-order valence-electron chi connectivity index (χ2n) is 7.90. The molecule has 1 fully saturated rings. The van der Waals surface area contributed by atoms with Gasteiger partial charge in [0.1, 0.15) is 0 Å². The van der Waals surface area contributed by atoms with Crippen LogP contribution in [0.3, 0.4) is 0 Å². The van der Waals surface area contributed by atoms with E-state index >= 15 is 0 Å². The van der Waals surface area contributed by atoms with Crippen LogP contribution in [0.4, 0.5) is 11.5 Å². The molecule has 1 N–H and O–H groups in total. The summed E-state index contributed by atoms with van der Waals surface area (Å²) >= 11 is 0. The molecule has 172 valence electrons. The summed E-state index contributed by atoms with van der Waals surface area (Å²) in [5.41, 5.74) is 6.96. The number of nitrogens with zero attached hydrogens (tertiary/aromatic N) is 4. The van der Waals surface area contributed by atoms with E-state index in [0.717, 1.165) is 34.8 Å². The molecule has 1 saturated heterocycles. The fourth-order valence-electron chi connectivity index (χ4n) is 3.64. The molecule has 0 atom stereocenters. The van der Waals surface area contributed by atoms with Gasteiger partial charge in [0, 0.05) is 49.5 Å². The van der Waals surface area contributed by atoms with E-state index in [1.807, 2.05) is 36.4 Å². The van der Waals surface area contributed by atoms with Crippen LogP contribution in [0.25, 0.3) is 0 Å². The van der Waals surface area contributed by atoms with Crippen molar-refractivity contribution in [1.82, 2.24) is 4.98 Å². The highest BCUT2D eigenvalue weighted by molar-refractivity contribution is 5.80. The predicted molar refractivity (Wildman–Crippen MR) is 129 cm³/mol. The van der Waals surface area contributed by atoms with Crippen molar-refractivity contribution in [2.24, 2.45) is 5.10 Å². The van der Waals surface area contributed by atoms with Crippen molar-refractivity contribution in [2.75, 3.05) is 43.2 Å². The number of aryl methyl sites for hydroxylation is 2. The summed E-state index contributed by atoms with van der Waals surface area (Å²) < 4.78 is 12.3. The highest BCUT2D eigenvalue weighted by Gasteiger charge is 2.14. The fourth-order valence-corrected chi connectivity index (χ4v) is 3.64. The Morgan fingerprint density at radius 1 is 1.18 bits per heavy atom. The minimum Gasteiger partial charge on any atom is -0.619 e. The molecule has 1 aliphatic heterocycles. The third-order valence-corrected chi connectivity index (χ3v) is 5.33. The lowest BCUT2D eigenvalue weighted by molar-refractivity contribution is -0.614. The average Bonchev–Trinajstić information content (AvgIpc) is 2.83. The van der Waals surface area contributed by atoms with Gasteiger partial charge in [-0.05, 0) is 18.9 Å². The third kappa shape index (κ3) is 6.66. The van der Waals surface area contributed by atoms with Crippen LogP contribution in [0.1, 0.15) is 23.2 Å². The van der Waals surface area contributed by atoms with E-state index in [1.165, 1.54) is 11.8 Å². The van der Waals surface area contributed by atoms with Gasteiger partial charge in [0.05, 0.1) is 26.0 Å². The van der Waals surface area contributed by atoms with Gasteiger partial charge in [0.25, 0.3) is 0 Å². The molecule has 0 unspecified atom stereocenters. The molecule has 1 aliphatic rings. The normalized spacial score (nSPS) is 13.9. The quantitative estimate of drug-likeness (QED) is 0.178. The zero-order chi connectivity index (χ0) is 22.9. The number of hydrogen-bond acceptors (Lipinski definition) is 7. The van der Waals surface area contributed by atoms with Gasteiger partial charge in [-0.3, -0.25) is 5.43 Å². The van der Waals surface area contributed by atoms with Crippen LogP contribution in [0.15, 0.2) is 65.9 Å². The van der Waals surface area contributed by atoms with Gasteiger partial charge in [-0.1, -0.05) is 35.9 Å². The van der Waals surface area contributed by atoms with E-state index in [9.17, 15) is 5.21 Å². The van der Waals surface area contributed by atoms with Gasteiger partial charge < -0.3 is 19.6 Å². The largest absolute Gasteiger partial charge is 0.619 e. The molecule has 0 aliphatic carbocycles. The zero-order valence-corrected chi connectivity index (χ0v) is 18.8. The fraction of sp³-hybridized carbons (Fsp3) is 0.320. The highest BCUT2D eigenvalue weighted by atomic mass is 16.5. The van der Waals surface area contributed by atoms with Crippen LogP contribution in [0.5, 0.6) is 5.88 Å². The van der Waals surface area contributed by atoms with Crippen LogP contribution in [0, 0.1) is 12.1 Å². The summed E-state index contributed by atoms with van der Waals surface area (Å²) in [6, 6.07) is 17.5. The lowest BCUT2D eigenvalue weighted by Gasteiger charge is -2.29. The Morgan fingerprint density at radius 2 is 2.06 bits per heavy atom. The number of hydrogen-bond donors (Lipinski definition) is 1. The number of benzene rings is 1. The van der Waals surface area contributed by atoms with Gasteiger partial charge >= 0.3 is 0 Å². The standard InChI is InChI=1S/C25H29N5O3/c1-20-6-4-7-21(16-20)19-26-28-24-17-23(29-11-14-32-15-12-29)18-25(27-24)33-13-5-9-22-8-2-3-10-30(22)31/h2-4,6-8,10,16-19H,5,9,11-15H2,1H3,(H,27,28). The van der Waals surface area contributed by atoms with E-state index in [0.29, 0.717) is 44.4 Å². The molecule has 0 spiro atoms. The summed E-state index contributed by atoms with van der Waals surface area (Å²) in [5, 5.41) is 16.1. The Labute approximate surface area is 194 Å². The molecule has 0 radical (unpaired) electrons. The molecule has 33 heavy (non-hydrogen) atoms. The van der Waals surface area contributed by atoms with Crippen molar-refractivity contribution in [3.8, 4) is 5.88 Å². The van der Waals surface area contributed by atoms with Crippen LogP contribution < -0.4 is 19.8 Å². The van der Waals surface area contributed by atoms with Crippen molar-refractivity contribution in [3.05, 3.63) is 82.8 Å². The van der Waals surface area contributed by atoms with E-state index in [-0.39, 0.29) is 0 Å². The zero-order valence-electron chi connectivity index (χ0n) is 18.8. The SMILES string of the molecule is Cc1cccc(C=NNc2cc(N3CCOCC3)cc(OCCCc3cccc[n+]3[O-])n2)c1. The van der Waals surface area contributed by atoms with Crippen LogP contribution in [-0.4, -0.2) is 44.1 Å². The molecule has 0 saturated carbocycles. The number of aromatic nitrogens is 2. The summed E-state index contributed by atoms with van der Waals surface area (Å²) in [6.45, 7) is 5.52. The Morgan fingerprint density at radius 3 is 2.88 bits per heavy atom. The Bertz CT molecular complexity index is 1080. The van der Waals surface area contributed by atoms with Crippen molar-refractivity contribution < 1.29 is 14.2 Å². The lowest BCUT2D eigenvalue weighted by Crippen LogP contribution is -2.36. The molecular weight excluding hydrogens is 418 g/mol. The van der Waals surface area contributed by atoms with E-state index in [1.54, 1.807) is 12.3 Å². The summed E-state index contributed by atoms with van der Waals surface area (Å²) in [5.74, 6) is 1.13. The van der Waals surface area contributed by atoms with Crippen molar-refractivity contribution in [3.63, 3.8) is 0 Å². The first-order valence-electron chi connectivity index (χ1n) is 11.2. The summed E-state index contributed by atoms with van der Waals surface area (Å²) in [4.78, 5) is 6.81. The number of nitrogens with one attached hydrogen (secondary N) is 1. The Kier molecular flexibility index (Phi) is 7.71. The smallest absolute Gasteiger partial charge is 0.217 e. The molecular formula is C25H29N5O3. The van der Waals surface area contributed by atoms with Gasteiger partial charge in [-0.15, -0.1) is 0 Å². The second kappa shape index (κ2) is 11.3. The molecule has 3 aromatic rings. The second-order valence-corrected chi connectivity index (χ2v) is 7.90. The molecule has 8 nitrogen and oxygen atoms in total. The maximum absolute atomic E-state index is 11.8. The first kappa shape index (κ1) is 22.5. The lowest BCUT2D eigenvalue weighted by atomic mass is 10.2. The number of morpholine rings is 1. The maximum Gasteiger partial charge on any atom is 0.217 e. The molecule has 4 rings (SSSR count). The van der Waals surface area contributed by atoms with E-state index < -0.39 is 0 Å². The van der Waals surface area contributed by atoms with Crippen LogP contribution >= 0.6 is 0 Å². The Hall–Kier alpha value is -3.65. The molecule has 0 amide bonds. The van der Waals surface area contributed by atoms with Crippen molar-refractivity contribution in [2.45, 2.75) is 19.8 Å². The number of anilines is 2. The van der Waals surface area contributed by atoms with Gasteiger partial charge in [0.15, 0.2) is 17.7 Å². The van der Waals surface area contributed by atoms with Gasteiger partial charge in [-0.2, -0.15) is 14.8 Å². The first-order chi connectivity index (χ1) is 16.2. The van der Waals surface area contributed by atoms with Crippen molar-refractivity contribution >= 4 is 17.7 Å². The minimum absolute atomic E-state index is 0.459. The number of ether oxygens (including phenoxy) is 2. The molecule has 0 bridgehead atoms. The number of rotatable bonds is 9. The predicted octanol–water partition coefficient (Wildman–Crippen LogP) is 3.32. The van der Waals surface area contributed by atoms with E-state index in [2.05, 4.69) is 39.5 Å². The first-order valence-corrected chi connectivity index (χ1v) is 11.2.